The van der Waals surface area contributed by atoms with Gasteiger partial charge in [0.2, 0.25) is 0 Å². The summed E-state index contributed by atoms with van der Waals surface area (Å²) < 4.78 is 12.7. The van der Waals surface area contributed by atoms with Gasteiger partial charge in [-0.05, 0) is 36.6 Å². The number of hydrogen-bond donors (Lipinski definition) is 1. The molecule has 21 heavy (non-hydrogen) atoms. The summed E-state index contributed by atoms with van der Waals surface area (Å²) in [6.07, 6.45) is 4.35. The van der Waals surface area contributed by atoms with Gasteiger partial charge in [0.25, 0.3) is 0 Å². The summed E-state index contributed by atoms with van der Waals surface area (Å²) in [5.74, 6) is 1.50. The van der Waals surface area contributed by atoms with Crippen LogP contribution in [0.15, 0.2) is 24.4 Å². The molecule has 0 radical (unpaired) electrons. The van der Waals surface area contributed by atoms with Crippen molar-refractivity contribution in [2.45, 2.75) is 25.4 Å². The Morgan fingerprint density at radius 2 is 1.95 bits per heavy atom. The first-order valence-corrected chi connectivity index (χ1v) is 7.19. The first-order chi connectivity index (χ1) is 10.2. The summed E-state index contributed by atoms with van der Waals surface area (Å²) in [6.45, 7) is 0.825. The lowest BCUT2D eigenvalue weighted by molar-refractivity contribution is 0.354. The summed E-state index contributed by atoms with van der Waals surface area (Å²) in [4.78, 5) is 0. The van der Waals surface area contributed by atoms with Gasteiger partial charge in [0.05, 0.1) is 19.9 Å². The van der Waals surface area contributed by atoms with Gasteiger partial charge in [0.1, 0.15) is 0 Å². The van der Waals surface area contributed by atoms with Crippen molar-refractivity contribution < 1.29 is 9.47 Å². The number of hydrogen-bond acceptors (Lipinski definition) is 4. The lowest BCUT2D eigenvalue weighted by Crippen LogP contribution is -2.16. The largest absolute Gasteiger partial charge is 0.493 e. The van der Waals surface area contributed by atoms with Crippen molar-refractivity contribution in [3.05, 3.63) is 30.0 Å². The van der Waals surface area contributed by atoms with Gasteiger partial charge in [-0.1, -0.05) is 0 Å². The second-order valence-electron chi connectivity index (χ2n) is 5.36. The van der Waals surface area contributed by atoms with Crippen molar-refractivity contribution in [3.8, 4) is 22.8 Å². The lowest BCUT2D eigenvalue weighted by Gasteiger charge is -2.15. The third-order valence-corrected chi connectivity index (χ3v) is 3.86. The number of ether oxygens (including phenoxy) is 2. The molecule has 0 aliphatic heterocycles. The summed E-state index contributed by atoms with van der Waals surface area (Å²) in [6, 6.07) is 6.76. The normalized spacial score (nSPS) is 14.2. The molecule has 5 heteroatoms. The molecule has 5 nitrogen and oxygen atoms in total. The highest BCUT2D eigenvalue weighted by molar-refractivity contribution is 5.68. The summed E-state index contributed by atoms with van der Waals surface area (Å²) in [5, 5.41) is 7.82. The van der Waals surface area contributed by atoms with Crippen LogP contribution < -0.4 is 14.8 Å². The van der Waals surface area contributed by atoms with Gasteiger partial charge in [-0.2, -0.15) is 5.10 Å². The number of methoxy groups -OCH3 is 2. The van der Waals surface area contributed by atoms with Crippen LogP contribution in [0.4, 0.5) is 0 Å². The molecular formula is C16H21N3O2. The Hall–Kier alpha value is -2.01. The molecule has 112 valence electrons. The molecule has 0 saturated heterocycles. The van der Waals surface area contributed by atoms with Gasteiger partial charge < -0.3 is 14.8 Å². The van der Waals surface area contributed by atoms with E-state index in [2.05, 4.69) is 16.5 Å². The van der Waals surface area contributed by atoms with Crippen LogP contribution in [0.3, 0.4) is 0 Å². The maximum absolute atomic E-state index is 5.43. The van der Waals surface area contributed by atoms with Crippen LogP contribution in [-0.4, -0.2) is 30.0 Å². The van der Waals surface area contributed by atoms with Crippen LogP contribution in [0.2, 0.25) is 0 Å². The maximum Gasteiger partial charge on any atom is 0.161 e. The minimum Gasteiger partial charge on any atom is -0.493 e. The van der Waals surface area contributed by atoms with Gasteiger partial charge in [-0.25, -0.2) is 0 Å². The second-order valence-corrected chi connectivity index (χ2v) is 5.36. The SMILES string of the molecule is COc1cc(CNC2CC2)c(-c2ccnn2C)cc1OC. The highest BCUT2D eigenvalue weighted by Gasteiger charge is 2.22. The first kappa shape index (κ1) is 13.9. The van der Waals surface area contributed by atoms with Crippen LogP contribution in [-0.2, 0) is 13.6 Å². The zero-order valence-corrected chi connectivity index (χ0v) is 12.7. The second kappa shape index (κ2) is 5.77. The van der Waals surface area contributed by atoms with Gasteiger partial charge in [0, 0.05) is 31.4 Å². The van der Waals surface area contributed by atoms with E-state index in [-0.39, 0.29) is 0 Å². The summed E-state index contributed by atoms with van der Waals surface area (Å²) >= 11 is 0. The molecule has 3 rings (SSSR count). The predicted molar refractivity (Wildman–Crippen MR) is 81.6 cm³/mol. The lowest BCUT2D eigenvalue weighted by atomic mass is 10.0. The zero-order chi connectivity index (χ0) is 14.8. The summed E-state index contributed by atoms with van der Waals surface area (Å²) in [7, 11) is 5.27. The molecule has 1 aliphatic carbocycles. The molecule has 0 spiro atoms. The third-order valence-electron chi connectivity index (χ3n) is 3.86. The smallest absolute Gasteiger partial charge is 0.161 e. The standard InChI is InChI=1S/C16H21N3O2/c1-19-14(6-7-18-19)13-9-16(21-3)15(20-2)8-11(13)10-17-12-4-5-12/h6-9,12,17H,4-5,10H2,1-3H3. The van der Waals surface area contributed by atoms with Gasteiger partial charge >= 0.3 is 0 Å². The quantitative estimate of drug-likeness (QED) is 0.886. The van der Waals surface area contributed by atoms with Crippen molar-refractivity contribution in [2.75, 3.05) is 14.2 Å². The molecule has 0 atom stereocenters. The van der Waals surface area contributed by atoms with Crippen molar-refractivity contribution >= 4 is 0 Å². The Morgan fingerprint density at radius 3 is 2.52 bits per heavy atom. The van der Waals surface area contributed by atoms with Gasteiger partial charge in [0.15, 0.2) is 11.5 Å². The van der Waals surface area contributed by atoms with Crippen LogP contribution >= 0.6 is 0 Å². The molecule has 1 heterocycles. The summed E-state index contributed by atoms with van der Waals surface area (Å²) in [5.41, 5.74) is 3.40. The maximum atomic E-state index is 5.43. The fraction of sp³-hybridized carbons (Fsp3) is 0.438. The molecule has 1 saturated carbocycles. The molecule has 0 bridgehead atoms. The molecule has 1 aliphatic rings. The number of benzene rings is 1. The molecule has 1 fully saturated rings. The van der Waals surface area contributed by atoms with E-state index in [1.165, 1.54) is 18.4 Å². The Balaban J connectivity index is 2.02. The highest BCUT2D eigenvalue weighted by atomic mass is 16.5. The highest BCUT2D eigenvalue weighted by Crippen LogP contribution is 2.36. The van der Waals surface area contributed by atoms with Gasteiger partial charge in [-0.15, -0.1) is 0 Å². The first-order valence-electron chi connectivity index (χ1n) is 7.19. The van der Waals surface area contributed by atoms with E-state index in [1.807, 2.05) is 30.1 Å². The average Bonchev–Trinajstić information content (AvgIpc) is 3.24. The fourth-order valence-electron chi connectivity index (χ4n) is 2.49. The van der Waals surface area contributed by atoms with E-state index >= 15 is 0 Å². The number of aromatic nitrogens is 2. The molecule has 0 amide bonds. The van der Waals surface area contributed by atoms with Crippen molar-refractivity contribution in [3.63, 3.8) is 0 Å². The number of nitrogens with zero attached hydrogens (tertiary/aromatic N) is 2. The Labute approximate surface area is 124 Å². The van der Waals surface area contributed by atoms with E-state index in [0.29, 0.717) is 6.04 Å². The third kappa shape index (κ3) is 2.88. The van der Waals surface area contributed by atoms with E-state index in [9.17, 15) is 0 Å². The molecular weight excluding hydrogens is 266 g/mol. The van der Waals surface area contributed by atoms with Crippen molar-refractivity contribution in [1.82, 2.24) is 15.1 Å². The molecule has 1 aromatic heterocycles. The monoisotopic (exact) mass is 287 g/mol. The number of nitrogens with one attached hydrogen (secondary N) is 1. The average molecular weight is 287 g/mol. The van der Waals surface area contributed by atoms with Crippen molar-refractivity contribution in [2.24, 2.45) is 7.05 Å². The number of rotatable bonds is 6. The van der Waals surface area contributed by atoms with E-state index in [1.54, 1.807) is 14.2 Å². The molecule has 2 aromatic rings. The van der Waals surface area contributed by atoms with E-state index < -0.39 is 0 Å². The fourth-order valence-corrected chi connectivity index (χ4v) is 2.49. The number of aryl methyl sites for hydroxylation is 1. The topological polar surface area (TPSA) is 48.3 Å². The van der Waals surface area contributed by atoms with Crippen LogP contribution in [0.25, 0.3) is 11.3 Å². The van der Waals surface area contributed by atoms with Crippen LogP contribution in [0.1, 0.15) is 18.4 Å². The van der Waals surface area contributed by atoms with Crippen LogP contribution in [0, 0.1) is 0 Å². The van der Waals surface area contributed by atoms with E-state index in [4.69, 9.17) is 9.47 Å². The zero-order valence-electron chi connectivity index (χ0n) is 12.7. The van der Waals surface area contributed by atoms with Crippen LogP contribution in [0.5, 0.6) is 11.5 Å². The Morgan fingerprint density at radius 1 is 1.24 bits per heavy atom. The van der Waals surface area contributed by atoms with E-state index in [0.717, 1.165) is 29.3 Å². The Kier molecular flexibility index (Phi) is 3.84. The van der Waals surface area contributed by atoms with Crippen molar-refractivity contribution in [1.29, 1.82) is 0 Å². The molecule has 1 aromatic carbocycles. The minimum atomic E-state index is 0.664. The van der Waals surface area contributed by atoms with Gasteiger partial charge in [-0.3, -0.25) is 4.68 Å². The Bertz CT molecular complexity index is 632. The predicted octanol–water partition coefficient (Wildman–Crippen LogP) is 2.36. The minimum absolute atomic E-state index is 0.664. The molecule has 0 unspecified atom stereocenters. The molecule has 1 N–H and O–H groups in total.